The van der Waals surface area contributed by atoms with Gasteiger partial charge in [0, 0.05) is 0 Å². The van der Waals surface area contributed by atoms with E-state index in [-0.39, 0.29) is 0 Å². The third-order valence-electron chi connectivity index (χ3n) is 2.14. The monoisotopic (exact) mass is 217 g/mol. The highest BCUT2D eigenvalue weighted by atomic mass is 15.1. The van der Waals surface area contributed by atoms with Crippen LogP contribution in [0.3, 0.4) is 0 Å². The first kappa shape index (κ1) is 20.4. The third kappa shape index (κ3) is 24.9. The predicted octanol–water partition coefficient (Wildman–Crippen LogP) is 4.96. The summed E-state index contributed by atoms with van der Waals surface area (Å²) >= 11 is 0. The van der Waals surface area contributed by atoms with Crippen molar-refractivity contribution in [2.24, 2.45) is 0 Å². The summed E-state index contributed by atoms with van der Waals surface area (Å²) in [6.07, 6.45) is 5.36. The summed E-state index contributed by atoms with van der Waals surface area (Å²) in [5.41, 5.74) is 0. The summed E-state index contributed by atoms with van der Waals surface area (Å²) in [4.78, 5) is 2.43. The van der Waals surface area contributed by atoms with E-state index in [1.807, 2.05) is 13.8 Å². The highest BCUT2D eigenvalue weighted by Crippen LogP contribution is 1.88. The van der Waals surface area contributed by atoms with Crippen LogP contribution in [0.1, 0.15) is 74.1 Å². The van der Waals surface area contributed by atoms with E-state index in [0.29, 0.717) is 0 Å². The summed E-state index contributed by atoms with van der Waals surface area (Å²) in [7, 11) is 0. The van der Waals surface area contributed by atoms with Gasteiger partial charge >= 0.3 is 0 Å². The van der Waals surface area contributed by atoms with Crippen LogP contribution in [-0.2, 0) is 0 Å². The van der Waals surface area contributed by atoms with Crippen molar-refractivity contribution in [3.63, 3.8) is 0 Å². The zero-order valence-corrected chi connectivity index (χ0v) is 12.4. The van der Waals surface area contributed by atoms with Gasteiger partial charge in [0.1, 0.15) is 0 Å². The van der Waals surface area contributed by atoms with Gasteiger partial charge in [0.25, 0.3) is 0 Å². The van der Waals surface area contributed by atoms with Crippen LogP contribution in [0.4, 0.5) is 0 Å². The molecule has 0 amide bonds. The first-order valence-corrected chi connectivity index (χ1v) is 6.98. The Hall–Kier alpha value is -0.0400. The number of hydrogen-bond acceptors (Lipinski definition) is 1. The first-order valence-electron chi connectivity index (χ1n) is 6.98. The van der Waals surface area contributed by atoms with Gasteiger partial charge < -0.3 is 4.90 Å². The molecule has 0 rings (SSSR count). The lowest BCUT2D eigenvalue weighted by atomic mass is 10.3. The summed E-state index contributed by atoms with van der Waals surface area (Å²) < 4.78 is 0. The second-order valence-electron chi connectivity index (χ2n) is 3.38. The molecule has 96 valence electrons. The fourth-order valence-corrected chi connectivity index (χ4v) is 1.21. The third-order valence-corrected chi connectivity index (χ3v) is 2.14. The smallest absolute Gasteiger partial charge is 0.00216 e. The van der Waals surface area contributed by atoms with Crippen LogP contribution in [0.5, 0.6) is 0 Å². The number of rotatable bonds is 6. The van der Waals surface area contributed by atoms with Gasteiger partial charge in [0.2, 0.25) is 0 Å². The van der Waals surface area contributed by atoms with Crippen molar-refractivity contribution in [3.8, 4) is 0 Å². The molecule has 0 aromatic rings. The van der Waals surface area contributed by atoms with Crippen molar-refractivity contribution in [2.45, 2.75) is 74.1 Å². The van der Waals surface area contributed by atoms with Gasteiger partial charge in [-0.15, -0.1) is 0 Å². The number of hydrogen-bond donors (Lipinski definition) is 0. The molecule has 0 saturated heterocycles. The van der Waals surface area contributed by atoms with E-state index in [2.05, 4.69) is 39.5 Å². The average Bonchev–Trinajstić information content (AvgIpc) is 2.30. The summed E-state index contributed by atoms with van der Waals surface area (Å²) in [6, 6.07) is 0. The molecule has 0 heterocycles. The molecule has 0 fully saturated rings. The molecule has 0 unspecified atom stereocenters. The van der Waals surface area contributed by atoms with E-state index in [9.17, 15) is 0 Å². The summed E-state index contributed by atoms with van der Waals surface area (Å²) in [5, 5.41) is 0. The van der Waals surface area contributed by atoms with Gasteiger partial charge in [0.05, 0.1) is 0 Å². The van der Waals surface area contributed by atoms with Gasteiger partial charge in [-0.1, -0.05) is 67.7 Å². The Bertz CT molecular complexity index is 65.7. The molecule has 0 aliphatic heterocycles. The highest BCUT2D eigenvalue weighted by Gasteiger charge is 1.92. The summed E-state index contributed by atoms with van der Waals surface area (Å²) in [6.45, 7) is 18.7. The lowest BCUT2D eigenvalue weighted by Gasteiger charge is -2.15. The van der Waals surface area contributed by atoms with E-state index >= 15 is 0 Å². The molecule has 1 heteroatoms. The lowest BCUT2D eigenvalue weighted by Crippen LogP contribution is -2.23. The van der Waals surface area contributed by atoms with Gasteiger partial charge in [-0.25, -0.2) is 0 Å². The molecule has 0 spiro atoms. The minimum absolute atomic E-state index is 1.20. The Labute approximate surface area is 99.3 Å². The predicted molar refractivity (Wildman–Crippen MR) is 74.6 cm³/mol. The van der Waals surface area contributed by atoms with Crippen molar-refractivity contribution in [2.75, 3.05) is 19.6 Å². The van der Waals surface area contributed by atoms with E-state index in [1.54, 1.807) is 0 Å². The van der Waals surface area contributed by atoms with Crippen LogP contribution < -0.4 is 0 Å². The van der Waals surface area contributed by atoms with Crippen molar-refractivity contribution >= 4 is 0 Å². The molecule has 1 nitrogen and oxygen atoms in total. The molecule has 0 N–H and O–H groups in total. The Morgan fingerprint density at radius 3 is 1.13 bits per heavy atom. The van der Waals surface area contributed by atoms with E-state index in [4.69, 9.17) is 0 Å². The second-order valence-corrected chi connectivity index (χ2v) is 3.38. The SMILES string of the molecule is CC.CCCCC.CCCN(CC)CC. The van der Waals surface area contributed by atoms with E-state index in [0.717, 1.165) is 0 Å². The maximum absolute atomic E-state index is 2.43. The number of nitrogens with zero attached hydrogens (tertiary/aromatic N) is 1. The molecule has 0 aliphatic rings. The lowest BCUT2D eigenvalue weighted by molar-refractivity contribution is 0.304. The quantitative estimate of drug-likeness (QED) is 0.608. The fraction of sp³-hybridized carbons (Fsp3) is 1.00. The van der Waals surface area contributed by atoms with Crippen molar-refractivity contribution in [1.82, 2.24) is 4.90 Å². The molecular formula is C14H35N. The average molecular weight is 217 g/mol. The van der Waals surface area contributed by atoms with Gasteiger partial charge in [-0.2, -0.15) is 0 Å². The molecule has 0 saturated carbocycles. The van der Waals surface area contributed by atoms with Crippen LogP contribution in [0.25, 0.3) is 0 Å². The molecule has 0 radical (unpaired) electrons. The highest BCUT2D eigenvalue weighted by molar-refractivity contribution is 4.47. The van der Waals surface area contributed by atoms with Crippen LogP contribution >= 0.6 is 0 Å². The maximum atomic E-state index is 2.43. The van der Waals surface area contributed by atoms with Crippen LogP contribution in [0.2, 0.25) is 0 Å². The normalized spacial score (nSPS) is 8.80. The Morgan fingerprint density at radius 2 is 1.07 bits per heavy atom. The van der Waals surface area contributed by atoms with Crippen LogP contribution in [0, 0.1) is 0 Å². The minimum atomic E-state index is 1.20. The van der Waals surface area contributed by atoms with Gasteiger partial charge in [-0.05, 0) is 26.1 Å². The molecule has 0 aliphatic carbocycles. The Morgan fingerprint density at radius 1 is 0.667 bits per heavy atom. The second kappa shape index (κ2) is 23.6. The van der Waals surface area contributed by atoms with Gasteiger partial charge in [-0.3, -0.25) is 0 Å². The molecule has 0 aromatic carbocycles. The molecule has 0 bridgehead atoms. The molecule has 0 aromatic heterocycles. The first-order chi connectivity index (χ1) is 7.26. The molecule has 15 heavy (non-hydrogen) atoms. The fourth-order valence-electron chi connectivity index (χ4n) is 1.21. The maximum Gasteiger partial charge on any atom is -0.00216 e. The van der Waals surface area contributed by atoms with Crippen molar-refractivity contribution in [1.29, 1.82) is 0 Å². The summed E-state index contributed by atoms with van der Waals surface area (Å²) in [5.74, 6) is 0. The van der Waals surface area contributed by atoms with Crippen LogP contribution in [-0.4, -0.2) is 24.5 Å². The van der Waals surface area contributed by atoms with Crippen LogP contribution in [0.15, 0.2) is 0 Å². The van der Waals surface area contributed by atoms with E-state index in [1.165, 1.54) is 45.3 Å². The Balaban J connectivity index is -0.000000177. The standard InChI is InChI=1S/C7H17N.C5H12.C2H6/c1-4-7-8(5-2)6-3;1-3-5-4-2;1-2/h4-7H2,1-3H3;3-5H2,1-2H3;1-2H3. The largest absolute Gasteiger partial charge is 0.304 e. The van der Waals surface area contributed by atoms with Crippen molar-refractivity contribution in [3.05, 3.63) is 0 Å². The topological polar surface area (TPSA) is 3.24 Å². The zero-order valence-electron chi connectivity index (χ0n) is 12.4. The zero-order chi connectivity index (χ0) is 12.5. The Kier molecular flexibility index (Phi) is 32.1. The van der Waals surface area contributed by atoms with Gasteiger partial charge in [0.15, 0.2) is 0 Å². The molecular weight excluding hydrogens is 182 g/mol. The number of unbranched alkanes of at least 4 members (excludes halogenated alkanes) is 2. The molecule has 0 atom stereocenters. The van der Waals surface area contributed by atoms with Crippen molar-refractivity contribution < 1.29 is 0 Å². The minimum Gasteiger partial charge on any atom is -0.304 e. The van der Waals surface area contributed by atoms with E-state index < -0.39 is 0 Å².